The molecule has 1 N–H and O–H groups in total. The first-order valence-corrected chi connectivity index (χ1v) is 8.82. The second kappa shape index (κ2) is 7.24. The molecule has 0 aromatic heterocycles. The highest BCUT2D eigenvalue weighted by molar-refractivity contribution is 6.33. The number of rotatable bonds is 6. The molecule has 0 saturated heterocycles. The highest BCUT2D eigenvalue weighted by atomic mass is 35.5. The second-order valence-corrected chi connectivity index (χ2v) is 7.05. The van der Waals surface area contributed by atoms with Gasteiger partial charge in [0, 0.05) is 23.6 Å². The minimum absolute atomic E-state index is 0.0233. The number of ether oxygens (including phenoxy) is 1. The molecule has 1 aliphatic carbocycles. The average molecular weight is 379 g/mol. The summed E-state index contributed by atoms with van der Waals surface area (Å²) in [5, 5.41) is 4.63. The number of para-hydroxylation sites is 2. The van der Waals surface area contributed by atoms with Crippen LogP contribution in [0.5, 0.6) is 5.75 Å². The quantitative estimate of drug-likeness (QED) is 0.814. The molecule has 132 valence electrons. The maximum atomic E-state index is 13.0. The van der Waals surface area contributed by atoms with E-state index >= 15 is 0 Å². The molecule has 2 aromatic rings. The summed E-state index contributed by atoms with van der Waals surface area (Å²) in [5.74, 6) is 0.696. The van der Waals surface area contributed by atoms with Crippen LogP contribution in [-0.4, -0.2) is 25.6 Å². The molecule has 0 spiro atoms. The normalized spacial score (nSPS) is 14.9. The van der Waals surface area contributed by atoms with Crippen LogP contribution in [0, 0.1) is 0 Å². The van der Waals surface area contributed by atoms with Crippen LogP contribution >= 0.6 is 23.2 Å². The van der Waals surface area contributed by atoms with E-state index in [1.54, 1.807) is 31.2 Å². The Kier molecular flexibility index (Phi) is 5.23. The summed E-state index contributed by atoms with van der Waals surface area (Å²) in [6.07, 6.45) is 1.59. The zero-order chi connectivity index (χ0) is 18.0. The molecule has 0 radical (unpaired) electrons. The van der Waals surface area contributed by atoms with Crippen molar-refractivity contribution in [3.63, 3.8) is 0 Å². The summed E-state index contributed by atoms with van der Waals surface area (Å²) in [4.78, 5) is 14.7. The van der Waals surface area contributed by atoms with Crippen LogP contribution < -0.4 is 15.0 Å². The van der Waals surface area contributed by atoms with Crippen molar-refractivity contribution in [2.75, 3.05) is 19.1 Å². The third-order valence-corrected chi connectivity index (χ3v) is 5.14. The number of hydrogen-bond donors (Lipinski definition) is 1. The predicted octanol–water partition coefficient (Wildman–Crippen LogP) is 4.29. The Morgan fingerprint density at radius 3 is 2.64 bits per heavy atom. The molecule has 2 aromatic carbocycles. The third kappa shape index (κ3) is 3.76. The molecule has 3 rings (SSSR count). The number of methoxy groups -OCH3 is 1. The molecular weight excluding hydrogens is 359 g/mol. The van der Waals surface area contributed by atoms with Crippen molar-refractivity contribution in [3.8, 4) is 5.75 Å². The van der Waals surface area contributed by atoms with Gasteiger partial charge in [0.05, 0.1) is 18.3 Å². The Bertz CT molecular complexity index is 791. The van der Waals surface area contributed by atoms with Crippen molar-refractivity contribution in [1.82, 2.24) is 5.32 Å². The van der Waals surface area contributed by atoms with E-state index in [0.29, 0.717) is 22.3 Å². The van der Waals surface area contributed by atoms with Gasteiger partial charge in [-0.05, 0) is 48.7 Å². The number of carbonyl (C=O) groups is 1. The monoisotopic (exact) mass is 378 g/mol. The molecule has 0 unspecified atom stereocenters. The Morgan fingerprint density at radius 1 is 1.24 bits per heavy atom. The first kappa shape index (κ1) is 18.1. The van der Waals surface area contributed by atoms with Gasteiger partial charge in [0.1, 0.15) is 5.75 Å². The Morgan fingerprint density at radius 2 is 1.96 bits per heavy atom. The van der Waals surface area contributed by atoms with Gasteiger partial charge in [-0.1, -0.05) is 35.3 Å². The fraction of sp³-hybridized carbons (Fsp3) is 0.316. The predicted molar refractivity (Wildman–Crippen MR) is 102 cm³/mol. The van der Waals surface area contributed by atoms with Crippen molar-refractivity contribution in [2.45, 2.75) is 24.9 Å². The van der Waals surface area contributed by atoms with Crippen LogP contribution in [-0.2, 0) is 11.3 Å². The fourth-order valence-corrected chi connectivity index (χ4v) is 3.25. The lowest BCUT2D eigenvalue weighted by molar-refractivity contribution is -0.121. The minimum Gasteiger partial charge on any atom is -0.495 e. The molecule has 0 aliphatic heterocycles. The smallest absolute Gasteiger partial charge is 0.247 e. The van der Waals surface area contributed by atoms with Gasteiger partial charge in [0.15, 0.2) is 0 Å². The lowest BCUT2D eigenvalue weighted by Gasteiger charge is -2.26. The number of hydrogen-bond acceptors (Lipinski definition) is 3. The molecule has 25 heavy (non-hydrogen) atoms. The largest absolute Gasteiger partial charge is 0.495 e. The summed E-state index contributed by atoms with van der Waals surface area (Å²) < 4.78 is 5.36. The Balaban J connectivity index is 1.74. The number of carbonyl (C=O) groups excluding carboxylic acids is 1. The number of amides is 1. The van der Waals surface area contributed by atoms with Crippen LogP contribution in [0.25, 0.3) is 0 Å². The number of benzene rings is 2. The van der Waals surface area contributed by atoms with Gasteiger partial charge in [0.2, 0.25) is 5.91 Å². The Labute approximate surface area is 157 Å². The maximum absolute atomic E-state index is 13.0. The molecule has 1 aliphatic rings. The topological polar surface area (TPSA) is 41.6 Å². The lowest BCUT2D eigenvalue weighted by atomic mass is 10.1. The van der Waals surface area contributed by atoms with E-state index in [2.05, 4.69) is 5.32 Å². The van der Waals surface area contributed by atoms with Gasteiger partial charge in [-0.25, -0.2) is 0 Å². The number of likely N-dealkylation sites (N-methyl/N-ethyl adjacent to an activating group) is 1. The van der Waals surface area contributed by atoms with E-state index in [9.17, 15) is 4.79 Å². The number of nitrogens with one attached hydrogen (secondary N) is 1. The van der Waals surface area contributed by atoms with E-state index in [1.807, 2.05) is 30.3 Å². The van der Waals surface area contributed by atoms with E-state index in [1.165, 1.54) is 0 Å². The number of halogens is 2. The molecule has 1 saturated carbocycles. The van der Waals surface area contributed by atoms with Crippen LogP contribution in [0.4, 0.5) is 5.69 Å². The summed E-state index contributed by atoms with van der Waals surface area (Å²) >= 11 is 12.2. The van der Waals surface area contributed by atoms with Crippen molar-refractivity contribution < 1.29 is 9.53 Å². The summed E-state index contributed by atoms with van der Waals surface area (Å²) in [6, 6.07) is 12.8. The van der Waals surface area contributed by atoms with Gasteiger partial charge in [-0.2, -0.15) is 0 Å². The van der Waals surface area contributed by atoms with E-state index in [0.717, 1.165) is 24.1 Å². The van der Waals surface area contributed by atoms with Gasteiger partial charge < -0.3 is 9.64 Å². The fourth-order valence-electron chi connectivity index (χ4n) is 2.87. The van der Waals surface area contributed by atoms with Crippen molar-refractivity contribution in [2.24, 2.45) is 0 Å². The van der Waals surface area contributed by atoms with Crippen molar-refractivity contribution >= 4 is 34.8 Å². The molecule has 4 nitrogen and oxygen atoms in total. The minimum atomic E-state index is -0.554. The maximum Gasteiger partial charge on any atom is 0.247 e. The van der Waals surface area contributed by atoms with E-state index in [4.69, 9.17) is 27.9 Å². The van der Waals surface area contributed by atoms with E-state index < -0.39 is 5.54 Å². The number of nitrogens with zero attached hydrogens (tertiary/aromatic N) is 1. The van der Waals surface area contributed by atoms with Gasteiger partial charge in [-0.15, -0.1) is 0 Å². The molecular formula is C19H20Cl2N2O2. The van der Waals surface area contributed by atoms with E-state index in [-0.39, 0.29) is 5.91 Å². The molecule has 1 amide bonds. The van der Waals surface area contributed by atoms with Gasteiger partial charge in [-0.3, -0.25) is 10.1 Å². The summed E-state index contributed by atoms with van der Waals surface area (Å²) in [5.41, 5.74) is 1.08. The highest BCUT2D eigenvalue weighted by Crippen LogP contribution is 2.40. The third-order valence-electron chi connectivity index (χ3n) is 4.54. The molecule has 6 heteroatoms. The summed E-state index contributed by atoms with van der Waals surface area (Å²) in [7, 11) is 3.37. The zero-order valence-electron chi connectivity index (χ0n) is 14.2. The molecule has 1 fully saturated rings. The molecule has 0 heterocycles. The van der Waals surface area contributed by atoms with Crippen LogP contribution in [0.2, 0.25) is 10.0 Å². The highest BCUT2D eigenvalue weighted by Gasteiger charge is 2.51. The summed E-state index contributed by atoms with van der Waals surface area (Å²) in [6.45, 7) is 0.491. The lowest BCUT2D eigenvalue weighted by Crippen LogP contribution is -2.47. The molecule has 0 atom stereocenters. The van der Waals surface area contributed by atoms with Crippen LogP contribution in [0.3, 0.4) is 0 Å². The first-order chi connectivity index (χ1) is 12.0. The van der Waals surface area contributed by atoms with Crippen LogP contribution in [0.15, 0.2) is 42.5 Å². The van der Waals surface area contributed by atoms with Crippen molar-refractivity contribution in [3.05, 3.63) is 58.1 Å². The molecule has 0 bridgehead atoms. The first-order valence-electron chi connectivity index (χ1n) is 8.07. The van der Waals surface area contributed by atoms with Gasteiger partial charge >= 0.3 is 0 Å². The van der Waals surface area contributed by atoms with Crippen molar-refractivity contribution in [1.29, 1.82) is 0 Å². The second-order valence-electron chi connectivity index (χ2n) is 6.21. The van der Waals surface area contributed by atoms with Gasteiger partial charge in [0.25, 0.3) is 0 Å². The Hall–Kier alpha value is -1.75. The SMILES string of the molecule is COc1ccccc1N(C)C(=O)C1(NCc2cc(Cl)ccc2Cl)CC1. The van der Waals surface area contributed by atoms with Crippen LogP contribution in [0.1, 0.15) is 18.4 Å². The number of anilines is 1. The average Bonchev–Trinajstić information content (AvgIpc) is 3.42. The standard InChI is InChI=1S/C19H20Cl2N2O2/c1-23(16-5-3-4-6-17(16)25-2)18(24)19(9-10-19)22-12-13-11-14(20)7-8-15(13)21/h3-8,11,22H,9-10,12H2,1-2H3. The zero-order valence-corrected chi connectivity index (χ0v) is 15.7.